The summed E-state index contributed by atoms with van der Waals surface area (Å²) >= 11 is 0. The Morgan fingerprint density at radius 3 is 2.80 bits per heavy atom. The van der Waals surface area contributed by atoms with Crippen LogP contribution in [0.2, 0.25) is 0 Å². The SMILES string of the molecule is C#CC(C)Nc1cccnc1OC(C)C. The summed E-state index contributed by atoms with van der Waals surface area (Å²) in [5.74, 6) is 3.19. The third-order valence-corrected chi connectivity index (χ3v) is 1.74. The first-order valence-corrected chi connectivity index (χ1v) is 4.98. The molecule has 0 bridgehead atoms. The average molecular weight is 204 g/mol. The van der Waals surface area contributed by atoms with Gasteiger partial charge in [-0.1, -0.05) is 5.92 Å². The van der Waals surface area contributed by atoms with Gasteiger partial charge in [-0.05, 0) is 32.9 Å². The molecule has 0 fully saturated rings. The molecular weight excluding hydrogens is 188 g/mol. The van der Waals surface area contributed by atoms with E-state index in [-0.39, 0.29) is 12.1 Å². The van der Waals surface area contributed by atoms with Crippen molar-refractivity contribution in [3.05, 3.63) is 18.3 Å². The van der Waals surface area contributed by atoms with Crippen LogP contribution in [-0.4, -0.2) is 17.1 Å². The van der Waals surface area contributed by atoms with Gasteiger partial charge in [-0.2, -0.15) is 0 Å². The maximum Gasteiger partial charge on any atom is 0.237 e. The molecule has 3 nitrogen and oxygen atoms in total. The Hall–Kier alpha value is -1.69. The number of hydrogen-bond acceptors (Lipinski definition) is 3. The van der Waals surface area contributed by atoms with Crippen molar-refractivity contribution in [2.24, 2.45) is 0 Å². The highest BCUT2D eigenvalue weighted by molar-refractivity contribution is 5.53. The highest BCUT2D eigenvalue weighted by atomic mass is 16.5. The second-order valence-corrected chi connectivity index (χ2v) is 3.56. The van der Waals surface area contributed by atoms with Crippen molar-refractivity contribution in [2.45, 2.75) is 32.9 Å². The van der Waals surface area contributed by atoms with Gasteiger partial charge in [-0.3, -0.25) is 0 Å². The molecule has 0 radical (unpaired) electrons. The standard InChI is InChI=1S/C12H16N2O/c1-5-10(4)14-11-7-6-8-13-12(11)15-9(2)3/h1,6-10,14H,2-4H3. The lowest BCUT2D eigenvalue weighted by atomic mass is 10.3. The molecule has 1 unspecified atom stereocenters. The molecule has 15 heavy (non-hydrogen) atoms. The molecule has 0 amide bonds. The van der Waals surface area contributed by atoms with Crippen LogP contribution in [0.5, 0.6) is 5.88 Å². The van der Waals surface area contributed by atoms with Crippen molar-refractivity contribution in [3.8, 4) is 18.2 Å². The highest BCUT2D eigenvalue weighted by Crippen LogP contribution is 2.22. The van der Waals surface area contributed by atoms with E-state index in [2.05, 4.69) is 16.2 Å². The van der Waals surface area contributed by atoms with Gasteiger partial charge in [-0.15, -0.1) is 6.42 Å². The fourth-order valence-electron chi connectivity index (χ4n) is 1.09. The Balaban J connectivity index is 2.82. The van der Waals surface area contributed by atoms with Crippen LogP contribution >= 0.6 is 0 Å². The van der Waals surface area contributed by atoms with E-state index >= 15 is 0 Å². The van der Waals surface area contributed by atoms with Crippen LogP contribution in [0.1, 0.15) is 20.8 Å². The molecule has 1 aromatic heterocycles. The first kappa shape index (κ1) is 11.4. The summed E-state index contributed by atoms with van der Waals surface area (Å²) in [5, 5.41) is 3.14. The van der Waals surface area contributed by atoms with E-state index in [1.807, 2.05) is 32.9 Å². The van der Waals surface area contributed by atoms with Gasteiger partial charge in [0.05, 0.1) is 17.8 Å². The predicted octanol–water partition coefficient (Wildman–Crippen LogP) is 2.30. The molecule has 1 N–H and O–H groups in total. The van der Waals surface area contributed by atoms with Gasteiger partial charge in [-0.25, -0.2) is 4.98 Å². The van der Waals surface area contributed by atoms with Crippen LogP contribution < -0.4 is 10.1 Å². The van der Waals surface area contributed by atoms with Crippen LogP contribution in [0, 0.1) is 12.3 Å². The van der Waals surface area contributed by atoms with Crippen molar-refractivity contribution in [2.75, 3.05) is 5.32 Å². The van der Waals surface area contributed by atoms with Crippen molar-refractivity contribution >= 4 is 5.69 Å². The number of anilines is 1. The molecule has 0 aliphatic rings. The summed E-state index contributed by atoms with van der Waals surface area (Å²) in [6.45, 7) is 5.83. The minimum absolute atomic E-state index is 0.0382. The third-order valence-electron chi connectivity index (χ3n) is 1.74. The van der Waals surface area contributed by atoms with Crippen molar-refractivity contribution in [3.63, 3.8) is 0 Å². The van der Waals surface area contributed by atoms with Gasteiger partial charge >= 0.3 is 0 Å². The fraction of sp³-hybridized carbons (Fsp3) is 0.417. The van der Waals surface area contributed by atoms with Crippen LogP contribution in [0.25, 0.3) is 0 Å². The summed E-state index contributed by atoms with van der Waals surface area (Å²) < 4.78 is 5.55. The van der Waals surface area contributed by atoms with E-state index in [1.54, 1.807) is 6.20 Å². The van der Waals surface area contributed by atoms with Crippen LogP contribution in [0.15, 0.2) is 18.3 Å². The second-order valence-electron chi connectivity index (χ2n) is 3.56. The average Bonchev–Trinajstić information content (AvgIpc) is 2.20. The molecule has 1 atom stereocenters. The molecule has 0 aliphatic heterocycles. The quantitative estimate of drug-likeness (QED) is 0.764. The Labute approximate surface area is 90.9 Å². The number of ether oxygens (including phenoxy) is 1. The van der Waals surface area contributed by atoms with Gasteiger partial charge in [0.25, 0.3) is 0 Å². The zero-order chi connectivity index (χ0) is 11.3. The number of pyridine rings is 1. The number of rotatable bonds is 4. The van der Waals surface area contributed by atoms with Crippen molar-refractivity contribution in [1.29, 1.82) is 0 Å². The molecule has 3 heteroatoms. The van der Waals surface area contributed by atoms with E-state index in [4.69, 9.17) is 11.2 Å². The number of terminal acetylenes is 1. The first-order valence-electron chi connectivity index (χ1n) is 4.98. The monoisotopic (exact) mass is 204 g/mol. The molecule has 1 heterocycles. The molecule has 0 spiro atoms. The minimum Gasteiger partial charge on any atom is -0.473 e. The third kappa shape index (κ3) is 3.51. The summed E-state index contributed by atoms with van der Waals surface area (Å²) in [5.41, 5.74) is 0.830. The van der Waals surface area contributed by atoms with Crippen LogP contribution in [0.4, 0.5) is 5.69 Å². The Kier molecular flexibility index (Phi) is 3.99. The van der Waals surface area contributed by atoms with E-state index in [1.165, 1.54) is 0 Å². The maximum atomic E-state index is 5.55. The summed E-state index contributed by atoms with van der Waals surface area (Å²) in [4.78, 5) is 4.15. The maximum absolute atomic E-state index is 5.55. The van der Waals surface area contributed by atoms with Crippen molar-refractivity contribution in [1.82, 2.24) is 4.98 Å². The van der Waals surface area contributed by atoms with E-state index in [0.29, 0.717) is 5.88 Å². The molecule has 1 aromatic rings. The zero-order valence-corrected chi connectivity index (χ0v) is 9.32. The van der Waals surface area contributed by atoms with E-state index in [0.717, 1.165) is 5.69 Å². The fourth-order valence-corrected chi connectivity index (χ4v) is 1.09. The van der Waals surface area contributed by atoms with Gasteiger partial charge < -0.3 is 10.1 Å². The lowest BCUT2D eigenvalue weighted by Gasteiger charge is -2.15. The van der Waals surface area contributed by atoms with Gasteiger partial charge in [0.15, 0.2) is 0 Å². The molecule has 0 aliphatic carbocycles. The van der Waals surface area contributed by atoms with Crippen LogP contribution in [-0.2, 0) is 0 Å². The predicted molar refractivity (Wildman–Crippen MR) is 61.9 cm³/mol. The molecule has 0 aromatic carbocycles. The topological polar surface area (TPSA) is 34.2 Å². The molecule has 1 rings (SSSR count). The van der Waals surface area contributed by atoms with Crippen LogP contribution in [0.3, 0.4) is 0 Å². The number of hydrogen-bond donors (Lipinski definition) is 1. The highest BCUT2D eigenvalue weighted by Gasteiger charge is 2.07. The Morgan fingerprint density at radius 1 is 1.47 bits per heavy atom. The van der Waals surface area contributed by atoms with Gasteiger partial charge in [0, 0.05) is 6.20 Å². The second kappa shape index (κ2) is 5.26. The van der Waals surface area contributed by atoms with E-state index in [9.17, 15) is 0 Å². The first-order chi connectivity index (χ1) is 7.13. The molecule has 80 valence electrons. The van der Waals surface area contributed by atoms with Gasteiger partial charge in [0.1, 0.15) is 0 Å². The molecule has 0 saturated heterocycles. The van der Waals surface area contributed by atoms with Gasteiger partial charge in [0.2, 0.25) is 5.88 Å². The minimum atomic E-state index is -0.0382. The summed E-state index contributed by atoms with van der Waals surface area (Å²) in [6.07, 6.45) is 7.09. The molecule has 0 saturated carbocycles. The number of nitrogens with zero attached hydrogens (tertiary/aromatic N) is 1. The molecular formula is C12H16N2O. The number of nitrogens with one attached hydrogen (secondary N) is 1. The lowest BCUT2D eigenvalue weighted by molar-refractivity contribution is 0.234. The normalized spacial score (nSPS) is 11.9. The van der Waals surface area contributed by atoms with E-state index < -0.39 is 0 Å². The summed E-state index contributed by atoms with van der Waals surface area (Å²) in [7, 11) is 0. The van der Waals surface area contributed by atoms with Crippen molar-refractivity contribution < 1.29 is 4.74 Å². The Bertz CT molecular complexity index is 355. The summed E-state index contributed by atoms with van der Waals surface area (Å²) in [6, 6.07) is 3.71. The number of aromatic nitrogens is 1. The zero-order valence-electron chi connectivity index (χ0n) is 9.32. The lowest BCUT2D eigenvalue weighted by Crippen LogP contribution is -2.15. The Morgan fingerprint density at radius 2 is 2.20 bits per heavy atom. The smallest absolute Gasteiger partial charge is 0.237 e. The largest absolute Gasteiger partial charge is 0.473 e.